The second-order valence-corrected chi connectivity index (χ2v) is 9.93. The largest absolute Gasteiger partial charge is 0.493 e. The molecule has 0 radical (unpaired) electrons. The molecule has 0 aromatic heterocycles. The van der Waals surface area contributed by atoms with Crippen molar-refractivity contribution in [2.24, 2.45) is 11.7 Å². The fourth-order valence-corrected chi connectivity index (χ4v) is 5.70. The monoisotopic (exact) mass is 501 g/mol. The first-order chi connectivity index (χ1) is 18.0. The van der Waals surface area contributed by atoms with E-state index >= 15 is 0 Å². The number of likely N-dealkylation sites (tertiary alicyclic amines) is 1. The Balaban J connectivity index is 1.40. The molecule has 0 aliphatic carbocycles. The number of benzene rings is 3. The maximum Gasteiger partial charge on any atom is 0.232 e. The van der Waals surface area contributed by atoms with E-state index < -0.39 is 5.41 Å². The fraction of sp³-hybridized carbons (Fsp3) is 0.387. The van der Waals surface area contributed by atoms with Crippen LogP contribution in [0.25, 0.3) is 0 Å². The molecule has 0 saturated carbocycles. The smallest absolute Gasteiger partial charge is 0.232 e. The highest BCUT2D eigenvalue weighted by Gasteiger charge is 2.49. The van der Waals surface area contributed by atoms with Gasteiger partial charge in [0.1, 0.15) is 5.41 Å². The predicted molar refractivity (Wildman–Crippen MR) is 148 cm³/mol. The lowest BCUT2D eigenvalue weighted by Gasteiger charge is -2.37. The third-order valence-corrected chi connectivity index (χ3v) is 7.76. The molecule has 6 nitrogen and oxygen atoms in total. The Kier molecular flexibility index (Phi) is 8.85. The van der Waals surface area contributed by atoms with Crippen LogP contribution in [0.3, 0.4) is 0 Å². The molecule has 2 N–H and O–H groups in total. The van der Waals surface area contributed by atoms with Gasteiger partial charge in [0, 0.05) is 26.2 Å². The van der Waals surface area contributed by atoms with Crippen molar-refractivity contribution in [3.05, 3.63) is 95.6 Å². The quantitative estimate of drug-likeness (QED) is 0.407. The minimum Gasteiger partial charge on any atom is -0.493 e. The van der Waals surface area contributed by atoms with E-state index in [1.807, 2.05) is 72.8 Å². The Morgan fingerprint density at radius 1 is 0.946 bits per heavy atom. The van der Waals surface area contributed by atoms with Crippen LogP contribution in [-0.4, -0.2) is 69.7 Å². The number of primary amides is 1. The highest BCUT2D eigenvalue weighted by atomic mass is 16.5. The molecule has 196 valence electrons. The van der Waals surface area contributed by atoms with Gasteiger partial charge in [-0.2, -0.15) is 0 Å². The molecular weight excluding hydrogens is 462 g/mol. The summed E-state index contributed by atoms with van der Waals surface area (Å²) in [6, 6.07) is 26.2. The van der Waals surface area contributed by atoms with E-state index in [4.69, 9.17) is 15.2 Å². The van der Waals surface area contributed by atoms with E-state index in [2.05, 4.69) is 22.9 Å². The molecule has 4 rings (SSSR count). The van der Waals surface area contributed by atoms with Crippen LogP contribution in [0.15, 0.2) is 78.9 Å². The van der Waals surface area contributed by atoms with E-state index in [-0.39, 0.29) is 11.8 Å². The van der Waals surface area contributed by atoms with Crippen molar-refractivity contribution < 1.29 is 14.3 Å². The highest BCUT2D eigenvalue weighted by Crippen LogP contribution is 2.43. The third-order valence-electron chi connectivity index (χ3n) is 7.76. The van der Waals surface area contributed by atoms with Crippen molar-refractivity contribution >= 4 is 5.91 Å². The van der Waals surface area contributed by atoms with Crippen molar-refractivity contribution in [1.82, 2.24) is 9.80 Å². The van der Waals surface area contributed by atoms with Gasteiger partial charge in [-0.3, -0.25) is 4.79 Å². The van der Waals surface area contributed by atoms with Gasteiger partial charge < -0.3 is 25.0 Å². The summed E-state index contributed by atoms with van der Waals surface area (Å²) in [6.45, 7) is 4.67. The molecule has 1 aliphatic heterocycles. The Morgan fingerprint density at radius 3 is 2.14 bits per heavy atom. The highest BCUT2D eigenvalue weighted by molar-refractivity contribution is 5.91. The number of nitrogens with two attached hydrogens (primary N) is 1. The van der Waals surface area contributed by atoms with Gasteiger partial charge in [0.25, 0.3) is 0 Å². The van der Waals surface area contributed by atoms with Crippen LogP contribution in [0.2, 0.25) is 0 Å². The molecule has 1 unspecified atom stereocenters. The van der Waals surface area contributed by atoms with E-state index in [1.165, 1.54) is 5.56 Å². The standard InChI is InChI=1S/C31H39N3O3/c1-33(18-16-24-14-15-28(36-2)29(22-24)37-3)20-21-34-19-17-27(23-34)31(30(32)35,25-10-6-4-7-11-25)26-12-8-5-9-13-26/h4-15,22,27H,16-21,23H2,1-3H3,(H2,32,35). The zero-order chi connectivity index (χ0) is 26.3. The summed E-state index contributed by atoms with van der Waals surface area (Å²) in [6.07, 6.45) is 1.87. The first-order valence-electron chi connectivity index (χ1n) is 13.0. The molecule has 1 fully saturated rings. The number of carbonyl (C=O) groups is 1. The normalized spacial score (nSPS) is 16.2. The maximum absolute atomic E-state index is 13.3. The second-order valence-electron chi connectivity index (χ2n) is 9.93. The number of methoxy groups -OCH3 is 2. The molecule has 3 aromatic carbocycles. The lowest BCUT2D eigenvalue weighted by molar-refractivity contribution is -0.123. The van der Waals surface area contributed by atoms with E-state index in [9.17, 15) is 4.79 Å². The fourth-order valence-electron chi connectivity index (χ4n) is 5.70. The van der Waals surface area contributed by atoms with Gasteiger partial charge in [-0.15, -0.1) is 0 Å². The Labute approximate surface area is 221 Å². The van der Waals surface area contributed by atoms with Gasteiger partial charge in [-0.1, -0.05) is 66.7 Å². The van der Waals surface area contributed by atoms with Crippen molar-refractivity contribution in [3.8, 4) is 11.5 Å². The van der Waals surface area contributed by atoms with Crippen LogP contribution >= 0.6 is 0 Å². The second kappa shape index (κ2) is 12.3. The van der Waals surface area contributed by atoms with Crippen LogP contribution in [-0.2, 0) is 16.6 Å². The molecule has 0 spiro atoms. The average molecular weight is 502 g/mol. The van der Waals surface area contributed by atoms with Crippen molar-refractivity contribution in [3.63, 3.8) is 0 Å². The van der Waals surface area contributed by atoms with Gasteiger partial charge in [-0.25, -0.2) is 0 Å². The van der Waals surface area contributed by atoms with Crippen LogP contribution in [0.1, 0.15) is 23.1 Å². The number of hydrogen-bond acceptors (Lipinski definition) is 5. The first-order valence-corrected chi connectivity index (χ1v) is 13.0. The number of ether oxygens (including phenoxy) is 2. The summed E-state index contributed by atoms with van der Waals surface area (Å²) in [5.41, 5.74) is 8.58. The van der Waals surface area contributed by atoms with Crippen LogP contribution in [0.5, 0.6) is 11.5 Å². The molecule has 1 heterocycles. The minimum absolute atomic E-state index is 0.117. The van der Waals surface area contributed by atoms with E-state index in [1.54, 1.807) is 14.2 Å². The molecule has 1 amide bonds. The topological polar surface area (TPSA) is 68.0 Å². The number of carbonyl (C=O) groups excluding carboxylic acids is 1. The zero-order valence-corrected chi connectivity index (χ0v) is 22.2. The number of amides is 1. The number of rotatable bonds is 12. The number of likely N-dealkylation sites (N-methyl/N-ethyl adjacent to an activating group) is 1. The summed E-state index contributed by atoms with van der Waals surface area (Å²) in [7, 11) is 5.48. The van der Waals surface area contributed by atoms with Gasteiger partial charge in [0.15, 0.2) is 11.5 Å². The van der Waals surface area contributed by atoms with E-state index in [0.717, 1.165) is 68.2 Å². The Morgan fingerprint density at radius 2 is 1.57 bits per heavy atom. The third kappa shape index (κ3) is 5.81. The molecule has 1 atom stereocenters. The predicted octanol–water partition coefficient (Wildman–Crippen LogP) is 3.97. The summed E-state index contributed by atoms with van der Waals surface area (Å²) in [5, 5.41) is 0. The van der Waals surface area contributed by atoms with E-state index in [0.29, 0.717) is 0 Å². The molecule has 1 aliphatic rings. The number of hydrogen-bond donors (Lipinski definition) is 1. The summed E-state index contributed by atoms with van der Waals surface area (Å²) in [4.78, 5) is 18.1. The lowest BCUT2D eigenvalue weighted by atomic mass is 9.64. The Hall–Kier alpha value is -3.35. The molecule has 0 bridgehead atoms. The first kappa shape index (κ1) is 26.7. The molecule has 37 heavy (non-hydrogen) atoms. The van der Waals surface area contributed by atoms with Crippen LogP contribution in [0.4, 0.5) is 0 Å². The van der Waals surface area contributed by atoms with Gasteiger partial charge in [0.2, 0.25) is 5.91 Å². The van der Waals surface area contributed by atoms with Gasteiger partial charge in [0.05, 0.1) is 14.2 Å². The van der Waals surface area contributed by atoms with Gasteiger partial charge in [-0.05, 0) is 61.2 Å². The minimum atomic E-state index is -0.837. The van der Waals surface area contributed by atoms with Crippen molar-refractivity contribution in [2.45, 2.75) is 18.3 Å². The summed E-state index contributed by atoms with van der Waals surface area (Å²) < 4.78 is 10.8. The molecular formula is C31H39N3O3. The molecule has 1 saturated heterocycles. The molecule has 6 heteroatoms. The number of nitrogens with zero attached hydrogens (tertiary/aromatic N) is 2. The Bertz CT molecular complexity index is 1110. The summed E-state index contributed by atoms with van der Waals surface area (Å²) >= 11 is 0. The van der Waals surface area contributed by atoms with Crippen LogP contribution < -0.4 is 15.2 Å². The lowest BCUT2D eigenvalue weighted by Crippen LogP contribution is -2.49. The average Bonchev–Trinajstić information content (AvgIpc) is 3.41. The maximum atomic E-state index is 13.3. The van der Waals surface area contributed by atoms with Crippen molar-refractivity contribution in [1.29, 1.82) is 0 Å². The van der Waals surface area contributed by atoms with Crippen molar-refractivity contribution in [2.75, 3.05) is 54.0 Å². The summed E-state index contributed by atoms with van der Waals surface area (Å²) in [5.74, 6) is 1.36. The molecule has 3 aromatic rings. The SMILES string of the molecule is COc1ccc(CCN(C)CCN2CCC(C(C(N)=O)(c3ccccc3)c3ccccc3)C2)cc1OC. The zero-order valence-electron chi connectivity index (χ0n) is 22.2. The van der Waals surface area contributed by atoms with Gasteiger partial charge >= 0.3 is 0 Å². The van der Waals surface area contributed by atoms with Crippen LogP contribution in [0, 0.1) is 5.92 Å².